The van der Waals surface area contributed by atoms with Crippen molar-refractivity contribution in [2.45, 2.75) is 19.2 Å². The first-order valence-electron chi connectivity index (χ1n) is 7.79. The van der Waals surface area contributed by atoms with E-state index in [-0.39, 0.29) is 5.92 Å². The second-order valence-electron chi connectivity index (χ2n) is 5.47. The topological polar surface area (TPSA) is 60.8 Å². The largest absolute Gasteiger partial charge is 0.493 e. The lowest BCUT2D eigenvalue weighted by Gasteiger charge is -2.12. The average Bonchev–Trinajstić information content (AvgIpc) is 3.02. The molecule has 0 bridgehead atoms. The molecule has 6 heteroatoms. The van der Waals surface area contributed by atoms with E-state index in [2.05, 4.69) is 0 Å². The van der Waals surface area contributed by atoms with Crippen molar-refractivity contribution < 1.29 is 19.2 Å². The van der Waals surface area contributed by atoms with Crippen molar-refractivity contribution in [3.63, 3.8) is 0 Å². The van der Waals surface area contributed by atoms with Gasteiger partial charge in [0.05, 0.1) is 19.4 Å². The Kier molecular flexibility index (Phi) is 4.83. The molecule has 120 valence electrons. The first kappa shape index (κ1) is 15.8. The van der Waals surface area contributed by atoms with Gasteiger partial charge in [-0.3, -0.25) is 4.98 Å². The quantitative estimate of drug-likeness (QED) is 0.860. The lowest BCUT2D eigenvalue weighted by molar-refractivity contribution is 0.291. The number of aromatic nitrogens is 1. The smallest absolute Gasteiger partial charge is 0.454 e. The number of benzene rings is 1. The van der Waals surface area contributed by atoms with E-state index in [9.17, 15) is 5.02 Å². The number of hydrogen-bond donors (Lipinski definition) is 1. The van der Waals surface area contributed by atoms with Gasteiger partial charge >= 0.3 is 7.12 Å². The molecule has 0 spiro atoms. The van der Waals surface area contributed by atoms with Crippen molar-refractivity contribution in [3.8, 4) is 22.8 Å². The lowest BCUT2D eigenvalue weighted by atomic mass is 9.81. The molecule has 0 saturated carbocycles. The molecule has 1 aliphatic rings. The third kappa shape index (κ3) is 3.49. The lowest BCUT2D eigenvalue weighted by Crippen LogP contribution is -2.08. The molecule has 1 aromatic carbocycles. The fraction of sp³-hybridized carbons (Fsp3) is 0.353. The van der Waals surface area contributed by atoms with Crippen LogP contribution in [-0.2, 0) is 4.65 Å². The standard InChI is InChI=1S/C17H20BNO4/c1-3-22-17-9-12(7-8-16(17)21-2)14-5-4-6-15(19-14)13-10-18(20)23-11-13/h4-9,13,20H,3,10-11H2,1-2H3. The van der Waals surface area contributed by atoms with E-state index in [1.165, 1.54) is 0 Å². The summed E-state index contributed by atoms with van der Waals surface area (Å²) in [5.74, 6) is 1.55. The number of rotatable bonds is 5. The Labute approximate surface area is 136 Å². The van der Waals surface area contributed by atoms with E-state index in [4.69, 9.17) is 19.1 Å². The Morgan fingerprint density at radius 2 is 2.17 bits per heavy atom. The molecule has 5 nitrogen and oxygen atoms in total. The van der Waals surface area contributed by atoms with Gasteiger partial charge < -0.3 is 19.2 Å². The summed E-state index contributed by atoms with van der Waals surface area (Å²) in [6, 6.07) is 11.7. The van der Waals surface area contributed by atoms with E-state index in [1.807, 2.05) is 43.3 Å². The van der Waals surface area contributed by atoms with Gasteiger partial charge in [-0.05, 0) is 43.6 Å². The van der Waals surface area contributed by atoms with Crippen molar-refractivity contribution in [1.82, 2.24) is 4.98 Å². The molecule has 0 amide bonds. The predicted molar refractivity (Wildman–Crippen MR) is 88.9 cm³/mol. The van der Waals surface area contributed by atoms with Gasteiger partial charge in [0.15, 0.2) is 11.5 Å². The summed E-state index contributed by atoms with van der Waals surface area (Å²) in [6.07, 6.45) is 0.587. The minimum absolute atomic E-state index is 0.134. The van der Waals surface area contributed by atoms with Crippen LogP contribution in [0.1, 0.15) is 18.5 Å². The normalized spacial score (nSPS) is 17.3. The summed E-state index contributed by atoms with van der Waals surface area (Å²) >= 11 is 0. The number of nitrogens with zero attached hydrogens (tertiary/aromatic N) is 1. The van der Waals surface area contributed by atoms with Gasteiger partial charge in [-0.15, -0.1) is 0 Å². The summed E-state index contributed by atoms with van der Waals surface area (Å²) in [6.45, 7) is 3.02. The third-order valence-electron chi connectivity index (χ3n) is 3.92. The molecule has 0 aliphatic carbocycles. The highest BCUT2D eigenvalue weighted by molar-refractivity contribution is 6.43. The Hall–Kier alpha value is -2.05. The molecule has 23 heavy (non-hydrogen) atoms. The van der Waals surface area contributed by atoms with Gasteiger partial charge in [0, 0.05) is 23.8 Å². The molecule has 1 N–H and O–H groups in total. The summed E-state index contributed by atoms with van der Waals surface area (Å²) in [5.41, 5.74) is 2.77. The van der Waals surface area contributed by atoms with Gasteiger partial charge in [0.1, 0.15) is 0 Å². The zero-order chi connectivity index (χ0) is 16.2. The number of pyridine rings is 1. The van der Waals surface area contributed by atoms with Crippen molar-refractivity contribution in [2.24, 2.45) is 0 Å². The molecular weight excluding hydrogens is 293 g/mol. The maximum atomic E-state index is 9.52. The minimum Gasteiger partial charge on any atom is -0.493 e. The zero-order valence-electron chi connectivity index (χ0n) is 13.4. The van der Waals surface area contributed by atoms with Gasteiger partial charge in [-0.1, -0.05) is 6.07 Å². The Bertz CT molecular complexity index is 679. The molecule has 1 unspecified atom stereocenters. The maximum Gasteiger partial charge on any atom is 0.454 e. The molecule has 1 aromatic heterocycles. The van der Waals surface area contributed by atoms with Crippen LogP contribution in [0.25, 0.3) is 11.3 Å². The van der Waals surface area contributed by atoms with Crippen LogP contribution in [0.5, 0.6) is 11.5 Å². The molecule has 0 radical (unpaired) electrons. The second kappa shape index (κ2) is 7.02. The van der Waals surface area contributed by atoms with Gasteiger partial charge in [-0.25, -0.2) is 0 Å². The minimum atomic E-state index is -0.684. The van der Waals surface area contributed by atoms with Crippen LogP contribution in [0, 0.1) is 0 Å². The maximum absolute atomic E-state index is 9.52. The second-order valence-corrected chi connectivity index (χ2v) is 5.47. The fourth-order valence-corrected chi connectivity index (χ4v) is 2.76. The van der Waals surface area contributed by atoms with Gasteiger partial charge in [0.2, 0.25) is 0 Å². The molecule has 2 aromatic rings. The molecule has 1 fully saturated rings. The van der Waals surface area contributed by atoms with Crippen LogP contribution in [0.2, 0.25) is 6.32 Å². The highest BCUT2D eigenvalue weighted by Crippen LogP contribution is 2.33. The van der Waals surface area contributed by atoms with Crippen LogP contribution in [-0.4, -0.2) is 37.4 Å². The van der Waals surface area contributed by atoms with Gasteiger partial charge in [0.25, 0.3) is 0 Å². The number of ether oxygens (including phenoxy) is 2. The van der Waals surface area contributed by atoms with Crippen molar-refractivity contribution in [1.29, 1.82) is 0 Å². The third-order valence-corrected chi connectivity index (χ3v) is 3.92. The molecule has 2 heterocycles. The van der Waals surface area contributed by atoms with Crippen LogP contribution in [0.4, 0.5) is 0 Å². The van der Waals surface area contributed by atoms with E-state index in [1.54, 1.807) is 7.11 Å². The average molecular weight is 313 g/mol. The molecular formula is C17H20BNO4. The summed E-state index contributed by atoms with van der Waals surface area (Å²) in [4.78, 5) is 4.73. The van der Waals surface area contributed by atoms with E-state index >= 15 is 0 Å². The number of methoxy groups -OCH3 is 1. The van der Waals surface area contributed by atoms with Crippen molar-refractivity contribution in [2.75, 3.05) is 20.3 Å². The molecule has 1 aliphatic heterocycles. The molecule has 3 rings (SSSR count). The SMILES string of the molecule is CCOc1cc(-c2cccc(C3COB(O)C3)n2)ccc1OC. The van der Waals surface area contributed by atoms with Crippen LogP contribution in [0.3, 0.4) is 0 Å². The highest BCUT2D eigenvalue weighted by atomic mass is 16.5. The Balaban J connectivity index is 1.91. The molecule has 1 atom stereocenters. The Morgan fingerprint density at radius 3 is 2.87 bits per heavy atom. The first-order valence-corrected chi connectivity index (χ1v) is 7.79. The van der Waals surface area contributed by atoms with Crippen molar-refractivity contribution in [3.05, 3.63) is 42.1 Å². The van der Waals surface area contributed by atoms with E-state index < -0.39 is 7.12 Å². The van der Waals surface area contributed by atoms with E-state index in [0.717, 1.165) is 17.0 Å². The molecule has 1 saturated heterocycles. The van der Waals surface area contributed by atoms with Gasteiger partial charge in [-0.2, -0.15) is 0 Å². The zero-order valence-corrected chi connectivity index (χ0v) is 13.4. The summed E-state index contributed by atoms with van der Waals surface area (Å²) in [5, 5.41) is 9.52. The predicted octanol–water partition coefficient (Wildman–Crippen LogP) is 2.75. The van der Waals surface area contributed by atoms with Crippen LogP contribution in [0.15, 0.2) is 36.4 Å². The van der Waals surface area contributed by atoms with Crippen molar-refractivity contribution >= 4 is 7.12 Å². The monoisotopic (exact) mass is 313 g/mol. The summed E-state index contributed by atoms with van der Waals surface area (Å²) in [7, 11) is 0.943. The first-order chi connectivity index (χ1) is 11.2. The van der Waals surface area contributed by atoms with Crippen LogP contribution < -0.4 is 9.47 Å². The summed E-state index contributed by atoms with van der Waals surface area (Å²) < 4.78 is 16.2. The van der Waals surface area contributed by atoms with Crippen LogP contribution >= 0.6 is 0 Å². The van der Waals surface area contributed by atoms with E-state index in [0.29, 0.717) is 31.0 Å². The fourth-order valence-electron chi connectivity index (χ4n) is 2.76. The highest BCUT2D eigenvalue weighted by Gasteiger charge is 2.30. The Morgan fingerprint density at radius 1 is 1.30 bits per heavy atom. The number of hydrogen-bond acceptors (Lipinski definition) is 5.